The molecule has 2 aliphatic rings. The molecule has 1 unspecified atom stereocenters. The maximum Gasteiger partial charge on any atom is 0.414 e. The first-order valence-corrected chi connectivity index (χ1v) is 9.67. The highest BCUT2D eigenvalue weighted by atomic mass is 32.2. The Balaban J connectivity index is 0.00000109. The largest absolute Gasteiger partial charge is 0.443 e. The molecule has 1 aromatic carbocycles. The third-order valence-corrected chi connectivity index (χ3v) is 5.51. The zero-order valence-corrected chi connectivity index (χ0v) is 14.8. The van der Waals surface area contributed by atoms with Gasteiger partial charge in [0.1, 0.15) is 11.9 Å². The predicted molar refractivity (Wildman–Crippen MR) is 94.4 cm³/mol. The quantitative estimate of drug-likeness (QED) is 0.815. The van der Waals surface area contributed by atoms with Crippen LogP contribution >= 0.6 is 0 Å². The topological polar surface area (TPSA) is 116 Å². The van der Waals surface area contributed by atoms with Crippen molar-refractivity contribution in [1.82, 2.24) is 0 Å². The van der Waals surface area contributed by atoms with E-state index in [1.54, 1.807) is 18.2 Å². The number of cyclic esters (lactones) is 1. The van der Waals surface area contributed by atoms with E-state index in [1.165, 1.54) is 18.0 Å². The van der Waals surface area contributed by atoms with Gasteiger partial charge in [-0.2, -0.15) is 0 Å². The molecule has 3 rings (SSSR count). The number of amides is 1. The number of hydrogen-bond acceptors (Lipinski definition) is 6. The average molecular weight is 371 g/mol. The van der Waals surface area contributed by atoms with Gasteiger partial charge < -0.3 is 16.2 Å². The van der Waals surface area contributed by atoms with Crippen molar-refractivity contribution in [3.05, 3.63) is 35.7 Å². The number of benzene rings is 1. The van der Waals surface area contributed by atoms with Crippen LogP contribution in [-0.4, -0.2) is 52.3 Å². The van der Waals surface area contributed by atoms with E-state index in [0.29, 0.717) is 23.2 Å². The zero-order valence-electron chi connectivity index (χ0n) is 13.9. The van der Waals surface area contributed by atoms with Crippen molar-refractivity contribution in [3.8, 4) is 0 Å². The lowest BCUT2D eigenvalue weighted by Gasteiger charge is -2.17. The summed E-state index contributed by atoms with van der Waals surface area (Å²) in [6.07, 6.45) is 0.900. The number of anilines is 1. The normalized spacial score (nSPS) is 21.9. The second-order valence-electron chi connectivity index (χ2n) is 5.61. The first-order valence-electron chi connectivity index (χ1n) is 7.85. The molecule has 1 saturated heterocycles. The lowest BCUT2D eigenvalue weighted by molar-refractivity contribution is 0.145. The minimum Gasteiger partial charge on any atom is -0.443 e. The van der Waals surface area contributed by atoms with Crippen LogP contribution in [0.2, 0.25) is 0 Å². The number of ether oxygens (including phenoxy) is 1. The maximum absolute atomic E-state index is 14.4. The molecular weight excluding hydrogens is 349 g/mol. The van der Waals surface area contributed by atoms with Gasteiger partial charge in [0, 0.05) is 12.1 Å². The van der Waals surface area contributed by atoms with E-state index in [9.17, 15) is 17.6 Å². The lowest BCUT2D eigenvalue weighted by atomic mass is 10.0. The van der Waals surface area contributed by atoms with Crippen molar-refractivity contribution in [2.24, 2.45) is 11.5 Å². The Bertz CT molecular complexity index is 780. The molecule has 0 radical (unpaired) electrons. The minimum atomic E-state index is -3.05. The zero-order chi connectivity index (χ0) is 18.6. The van der Waals surface area contributed by atoms with E-state index in [4.69, 9.17) is 10.5 Å². The summed E-state index contributed by atoms with van der Waals surface area (Å²) >= 11 is 0. The van der Waals surface area contributed by atoms with Gasteiger partial charge in [-0.1, -0.05) is 6.08 Å². The molecule has 7 nitrogen and oxygen atoms in total. The molecule has 0 aliphatic carbocycles. The Morgan fingerprint density at radius 1 is 1.36 bits per heavy atom. The number of hydrogen-bond donors (Lipinski definition) is 2. The number of rotatable bonds is 3. The van der Waals surface area contributed by atoms with Crippen LogP contribution in [0.5, 0.6) is 0 Å². The average Bonchev–Trinajstić information content (AvgIpc) is 2.98. The first kappa shape index (κ1) is 19.4. The van der Waals surface area contributed by atoms with Crippen LogP contribution in [-0.2, 0) is 14.6 Å². The molecule has 0 saturated carbocycles. The molecular formula is C16H22FN3O4S. The summed E-state index contributed by atoms with van der Waals surface area (Å²) < 4.78 is 42.3. The van der Waals surface area contributed by atoms with Crippen molar-refractivity contribution in [1.29, 1.82) is 0 Å². The number of nitrogens with two attached hydrogens (primary N) is 2. The number of carbonyl (C=O) groups excluding carboxylic acids is 1. The van der Waals surface area contributed by atoms with Crippen LogP contribution in [0.4, 0.5) is 14.9 Å². The Morgan fingerprint density at radius 2 is 2.08 bits per heavy atom. The number of sulfone groups is 1. The van der Waals surface area contributed by atoms with Gasteiger partial charge in [-0.15, -0.1) is 0 Å². The van der Waals surface area contributed by atoms with Crippen LogP contribution in [0.3, 0.4) is 0 Å². The molecule has 2 heterocycles. The molecule has 0 bridgehead atoms. The van der Waals surface area contributed by atoms with Crippen molar-refractivity contribution >= 4 is 27.2 Å². The third kappa shape index (κ3) is 4.36. The van der Waals surface area contributed by atoms with Gasteiger partial charge in [0.15, 0.2) is 9.84 Å². The Morgan fingerprint density at radius 3 is 2.60 bits per heavy atom. The van der Waals surface area contributed by atoms with Crippen molar-refractivity contribution in [2.75, 3.05) is 36.5 Å². The summed E-state index contributed by atoms with van der Waals surface area (Å²) in [4.78, 5) is 13.1. The molecule has 138 valence electrons. The summed E-state index contributed by atoms with van der Waals surface area (Å²) in [7, 11) is -1.55. The smallest absolute Gasteiger partial charge is 0.414 e. The number of halogens is 1. The molecule has 1 fully saturated rings. The lowest BCUT2D eigenvalue weighted by Crippen LogP contribution is -2.27. The third-order valence-electron chi connectivity index (χ3n) is 4.01. The summed E-state index contributed by atoms with van der Waals surface area (Å²) in [5.74, 6) is -0.534. The van der Waals surface area contributed by atoms with Crippen LogP contribution in [0.25, 0.3) is 5.57 Å². The molecule has 2 aliphatic heterocycles. The minimum absolute atomic E-state index is 0.0245. The predicted octanol–water partition coefficient (Wildman–Crippen LogP) is 0.886. The molecule has 0 spiro atoms. The molecule has 0 aromatic heterocycles. The molecule has 4 N–H and O–H groups in total. The van der Waals surface area contributed by atoms with Gasteiger partial charge >= 0.3 is 6.09 Å². The Labute approximate surface area is 146 Å². The van der Waals surface area contributed by atoms with E-state index in [2.05, 4.69) is 5.73 Å². The van der Waals surface area contributed by atoms with E-state index in [0.717, 1.165) is 0 Å². The fraction of sp³-hybridized carbons (Fsp3) is 0.438. The van der Waals surface area contributed by atoms with E-state index in [-0.39, 0.29) is 24.6 Å². The van der Waals surface area contributed by atoms with Gasteiger partial charge in [0.25, 0.3) is 0 Å². The van der Waals surface area contributed by atoms with Crippen LogP contribution in [0, 0.1) is 5.82 Å². The van der Waals surface area contributed by atoms with Crippen molar-refractivity contribution in [2.45, 2.75) is 12.5 Å². The number of nitrogens with zero attached hydrogens (tertiary/aromatic N) is 1. The van der Waals surface area contributed by atoms with Gasteiger partial charge in [-0.25, -0.2) is 17.6 Å². The van der Waals surface area contributed by atoms with Gasteiger partial charge in [-0.3, -0.25) is 4.90 Å². The summed E-state index contributed by atoms with van der Waals surface area (Å²) in [5, 5.41) is 0. The van der Waals surface area contributed by atoms with E-state index >= 15 is 0 Å². The summed E-state index contributed by atoms with van der Waals surface area (Å²) in [5.41, 5.74) is 11.4. The number of carbonyl (C=O) groups is 1. The fourth-order valence-corrected chi connectivity index (χ4v) is 3.86. The highest BCUT2D eigenvalue weighted by Crippen LogP contribution is 2.29. The van der Waals surface area contributed by atoms with Crippen molar-refractivity contribution in [3.63, 3.8) is 0 Å². The molecule has 1 aromatic rings. The summed E-state index contributed by atoms with van der Waals surface area (Å²) in [6.45, 7) is 0.499. The first-order chi connectivity index (χ1) is 11.9. The molecule has 9 heteroatoms. The second-order valence-corrected chi connectivity index (χ2v) is 7.84. The van der Waals surface area contributed by atoms with Gasteiger partial charge in [0.05, 0.1) is 23.7 Å². The highest BCUT2D eigenvalue weighted by molar-refractivity contribution is 7.91. The maximum atomic E-state index is 14.4. The van der Waals surface area contributed by atoms with Crippen LogP contribution in [0.1, 0.15) is 12.0 Å². The SMILES string of the molecule is CN.NCC1CN(c2ccc(C3=CCS(=O)(=O)CC3)c(F)c2)C(=O)O1. The fourth-order valence-electron chi connectivity index (χ4n) is 2.71. The van der Waals surface area contributed by atoms with E-state index in [1.807, 2.05) is 0 Å². The van der Waals surface area contributed by atoms with E-state index < -0.39 is 27.9 Å². The monoisotopic (exact) mass is 371 g/mol. The highest BCUT2D eigenvalue weighted by Gasteiger charge is 2.32. The summed E-state index contributed by atoms with van der Waals surface area (Å²) in [6, 6.07) is 4.46. The van der Waals surface area contributed by atoms with Gasteiger partial charge in [0.2, 0.25) is 0 Å². The molecule has 25 heavy (non-hydrogen) atoms. The van der Waals surface area contributed by atoms with Crippen LogP contribution < -0.4 is 16.4 Å². The number of allylic oxidation sites excluding steroid dienone is 1. The second kappa shape index (κ2) is 7.94. The molecule has 1 atom stereocenters. The van der Waals surface area contributed by atoms with Crippen molar-refractivity contribution < 1.29 is 22.3 Å². The molecule has 1 amide bonds. The van der Waals surface area contributed by atoms with Gasteiger partial charge in [-0.05, 0) is 37.2 Å². The Kier molecular flexibility index (Phi) is 6.15. The standard InChI is InChI=1S/C15H17FN2O4S.CH5N/c16-14-7-11(18-9-12(8-17)22-15(18)19)1-2-13(14)10-3-5-23(20,21)6-4-10;1-2/h1-3,7,12H,4-6,8-9,17H2;2H2,1H3. The Hall–Kier alpha value is -1.97. The van der Waals surface area contributed by atoms with Crippen LogP contribution in [0.15, 0.2) is 24.3 Å².